The number of carbonyl (C=O) groups excluding carboxylic acids is 1. The minimum absolute atomic E-state index is 0. The van der Waals surface area contributed by atoms with Gasteiger partial charge in [0.15, 0.2) is 11.5 Å². The molecule has 0 fully saturated rings. The molecule has 0 saturated heterocycles. The molecule has 2 aromatic rings. The standard InChI is InChI=1S/C23H30N2O4.ClH/c1-4-27-20-13-16(14-21(28-5-2)22(20)29-6-3)23(26)25-19-9-7-8-15-12-17(24)10-11-18(15)19;/h10-14,19H,4-9,24H2,1-3H3,(H,25,26);1H. The van der Waals surface area contributed by atoms with Crippen molar-refractivity contribution in [1.82, 2.24) is 5.32 Å². The third-order valence-electron chi connectivity index (χ3n) is 4.96. The van der Waals surface area contributed by atoms with Gasteiger partial charge in [0, 0.05) is 11.3 Å². The van der Waals surface area contributed by atoms with Crippen molar-refractivity contribution >= 4 is 24.0 Å². The summed E-state index contributed by atoms with van der Waals surface area (Å²) >= 11 is 0. The monoisotopic (exact) mass is 434 g/mol. The Labute approximate surface area is 184 Å². The van der Waals surface area contributed by atoms with Crippen LogP contribution in [0.15, 0.2) is 30.3 Å². The molecule has 2 aromatic carbocycles. The first-order valence-corrected chi connectivity index (χ1v) is 10.3. The highest BCUT2D eigenvalue weighted by molar-refractivity contribution is 5.96. The summed E-state index contributed by atoms with van der Waals surface area (Å²) in [5, 5.41) is 3.17. The smallest absolute Gasteiger partial charge is 0.252 e. The lowest BCUT2D eigenvalue weighted by molar-refractivity contribution is 0.0931. The van der Waals surface area contributed by atoms with Gasteiger partial charge in [0.25, 0.3) is 5.91 Å². The SMILES string of the molecule is CCOc1cc(C(=O)NC2CCCc3cc(N)ccc32)cc(OCC)c1OCC.Cl. The van der Waals surface area contributed by atoms with Crippen LogP contribution in [0.2, 0.25) is 0 Å². The van der Waals surface area contributed by atoms with E-state index in [1.165, 1.54) is 5.56 Å². The molecule has 0 saturated carbocycles. The van der Waals surface area contributed by atoms with Gasteiger partial charge in [-0.2, -0.15) is 0 Å². The van der Waals surface area contributed by atoms with Gasteiger partial charge in [0.1, 0.15) is 0 Å². The molecule has 1 atom stereocenters. The zero-order valence-electron chi connectivity index (χ0n) is 17.8. The van der Waals surface area contributed by atoms with Gasteiger partial charge in [-0.15, -0.1) is 12.4 Å². The third-order valence-corrected chi connectivity index (χ3v) is 4.96. The molecule has 0 spiro atoms. The molecule has 6 nitrogen and oxygen atoms in total. The van der Waals surface area contributed by atoms with Gasteiger partial charge in [-0.25, -0.2) is 0 Å². The van der Waals surface area contributed by atoms with Crippen LogP contribution in [-0.4, -0.2) is 25.7 Å². The number of aryl methyl sites for hydroxylation is 1. The molecule has 30 heavy (non-hydrogen) atoms. The van der Waals surface area contributed by atoms with Gasteiger partial charge in [0.2, 0.25) is 5.75 Å². The molecule has 164 valence electrons. The van der Waals surface area contributed by atoms with E-state index in [4.69, 9.17) is 19.9 Å². The number of nitrogens with two attached hydrogens (primary N) is 1. The molecular weight excluding hydrogens is 404 g/mol. The normalized spacial score (nSPS) is 14.8. The Morgan fingerprint density at radius 2 is 1.67 bits per heavy atom. The van der Waals surface area contributed by atoms with Gasteiger partial charge in [-0.05, 0) is 75.4 Å². The lowest BCUT2D eigenvalue weighted by atomic mass is 9.87. The van der Waals surface area contributed by atoms with E-state index in [0.29, 0.717) is 42.6 Å². The molecule has 0 aliphatic heterocycles. The number of nitrogens with one attached hydrogen (secondary N) is 1. The second kappa shape index (κ2) is 11.0. The molecule has 7 heteroatoms. The third kappa shape index (κ3) is 5.30. The second-order valence-corrected chi connectivity index (χ2v) is 6.98. The van der Waals surface area contributed by atoms with E-state index in [2.05, 4.69) is 5.32 Å². The summed E-state index contributed by atoms with van der Waals surface area (Å²) in [6, 6.07) is 9.32. The summed E-state index contributed by atoms with van der Waals surface area (Å²) in [6.45, 7) is 7.11. The van der Waals surface area contributed by atoms with E-state index < -0.39 is 0 Å². The average Bonchev–Trinajstić information content (AvgIpc) is 2.70. The first-order chi connectivity index (χ1) is 14.1. The Balaban J connectivity index is 0.00000320. The zero-order valence-corrected chi connectivity index (χ0v) is 18.6. The zero-order chi connectivity index (χ0) is 20.8. The number of fused-ring (bicyclic) bond motifs is 1. The lowest BCUT2D eigenvalue weighted by Gasteiger charge is -2.27. The van der Waals surface area contributed by atoms with Crippen LogP contribution in [-0.2, 0) is 6.42 Å². The van der Waals surface area contributed by atoms with Crippen LogP contribution in [0.25, 0.3) is 0 Å². The van der Waals surface area contributed by atoms with Gasteiger partial charge >= 0.3 is 0 Å². The number of rotatable bonds is 8. The molecule has 3 N–H and O–H groups in total. The fraction of sp³-hybridized carbons (Fsp3) is 0.435. The van der Waals surface area contributed by atoms with Crippen molar-refractivity contribution in [3.63, 3.8) is 0 Å². The van der Waals surface area contributed by atoms with Crippen LogP contribution in [0.1, 0.15) is 61.1 Å². The first-order valence-electron chi connectivity index (χ1n) is 10.3. The number of halogens is 1. The Bertz CT molecular complexity index is 845. The van der Waals surface area contributed by atoms with Crippen molar-refractivity contribution in [3.05, 3.63) is 47.0 Å². The minimum Gasteiger partial charge on any atom is -0.490 e. The summed E-state index contributed by atoms with van der Waals surface area (Å²) in [6.07, 6.45) is 2.90. The van der Waals surface area contributed by atoms with E-state index >= 15 is 0 Å². The molecule has 1 aliphatic carbocycles. The van der Waals surface area contributed by atoms with Crippen molar-refractivity contribution in [1.29, 1.82) is 0 Å². The summed E-state index contributed by atoms with van der Waals surface area (Å²) in [4.78, 5) is 13.1. The Hall–Kier alpha value is -2.60. The van der Waals surface area contributed by atoms with Crippen molar-refractivity contribution in [2.24, 2.45) is 0 Å². The van der Waals surface area contributed by atoms with Crippen LogP contribution >= 0.6 is 12.4 Å². The van der Waals surface area contributed by atoms with E-state index in [0.717, 1.165) is 30.5 Å². The molecule has 3 rings (SSSR count). The number of anilines is 1. The number of ether oxygens (including phenoxy) is 3. The number of benzene rings is 2. The van der Waals surface area contributed by atoms with E-state index in [-0.39, 0.29) is 24.4 Å². The van der Waals surface area contributed by atoms with Gasteiger partial charge < -0.3 is 25.3 Å². The quantitative estimate of drug-likeness (QED) is 0.588. The van der Waals surface area contributed by atoms with Gasteiger partial charge in [-0.1, -0.05) is 6.07 Å². The maximum atomic E-state index is 13.1. The molecule has 0 radical (unpaired) electrons. The highest BCUT2D eigenvalue weighted by atomic mass is 35.5. The van der Waals surface area contributed by atoms with Gasteiger partial charge in [-0.3, -0.25) is 4.79 Å². The first kappa shape index (κ1) is 23.7. The maximum absolute atomic E-state index is 13.1. The van der Waals surface area contributed by atoms with Gasteiger partial charge in [0.05, 0.1) is 25.9 Å². The summed E-state index contributed by atoms with van der Waals surface area (Å²) in [5.41, 5.74) is 9.51. The molecule has 0 heterocycles. The van der Waals surface area contributed by atoms with Crippen molar-refractivity contribution in [2.75, 3.05) is 25.6 Å². The number of nitrogen functional groups attached to an aromatic ring is 1. The van der Waals surface area contributed by atoms with Crippen molar-refractivity contribution < 1.29 is 19.0 Å². The number of amides is 1. The topological polar surface area (TPSA) is 82.8 Å². The Kier molecular flexibility index (Phi) is 8.66. The molecule has 1 unspecified atom stereocenters. The maximum Gasteiger partial charge on any atom is 0.252 e. The molecule has 0 bridgehead atoms. The van der Waals surface area contributed by atoms with E-state index in [1.54, 1.807) is 12.1 Å². The lowest BCUT2D eigenvalue weighted by Crippen LogP contribution is -2.31. The van der Waals surface area contributed by atoms with Crippen LogP contribution in [0, 0.1) is 0 Å². The predicted molar refractivity (Wildman–Crippen MR) is 121 cm³/mol. The van der Waals surface area contributed by atoms with E-state index in [1.807, 2.05) is 39.0 Å². The molecule has 1 amide bonds. The second-order valence-electron chi connectivity index (χ2n) is 6.98. The fourth-order valence-corrected chi connectivity index (χ4v) is 3.75. The molecule has 1 aliphatic rings. The van der Waals surface area contributed by atoms with Crippen LogP contribution in [0.3, 0.4) is 0 Å². The molecule has 0 aromatic heterocycles. The number of hydrogen-bond donors (Lipinski definition) is 2. The van der Waals surface area contributed by atoms with Crippen LogP contribution in [0.4, 0.5) is 5.69 Å². The number of carbonyl (C=O) groups is 1. The fourth-order valence-electron chi connectivity index (χ4n) is 3.75. The minimum atomic E-state index is -0.162. The molecular formula is C23H31ClN2O4. The summed E-state index contributed by atoms with van der Waals surface area (Å²) in [5.74, 6) is 1.40. The highest BCUT2D eigenvalue weighted by Gasteiger charge is 2.24. The van der Waals surface area contributed by atoms with Crippen LogP contribution < -0.4 is 25.3 Å². The van der Waals surface area contributed by atoms with Crippen molar-refractivity contribution in [3.8, 4) is 17.2 Å². The Morgan fingerprint density at radius 3 is 2.27 bits per heavy atom. The average molecular weight is 435 g/mol. The summed E-state index contributed by atoms with van der Waals surface area (Å²) in [7, 11) is 0. The predicted octanol–water partition coefficient (Wildman–Crippen LogP) is 4.69. The van der Waals surface area contributed by atoms with Crippen LogP contribution in [0.5, 0.6) is 17.2 Å². The number of hydrogen-bond acceptors (Lipinski definition) is 5. The van der Waals surface area contributed by atoms with E-state index in [9.17, 15) is 4.79 Å². The summed E-state index contributed by atoms with van der Waals surface area (Å²) < 4.78 is 17.2. The Morgan fingerprint density at radius 1 is 1.03 bits per heavy atom. The largest absolute Gasteiger partial charge is 0.490 e. The van der Waals surface area contributed by atoms with Crippen molar-refractivity contribution in [2.45, 2.75) is 46.1 Å². The highest BCUT2D eigenvalue weighted by Crippen LogP contribution is 2.39.